The molecule has 1 heterocycles. The average Bonchev–Trinajstić information content (AvgIpc) is 2.94. The van der Waals surface area contributed by atoms with Gasteiger partial charge in [-0.15, -0.1) is 0 Å². The minimum Gasteiger partial charge on any atom is -0.457 e. The number of rotatable bonds is 4. The number of carbonyl (C=O) groups excluding carboxylic acids is 1. The molecule has 124 valence electrons. The first-order valence-corrected chi connectivity index (χ1v) is 8.43. The van der Waals surface area contributed by atoms with Crippen molar-refractivity contribution in [3.8, 4) is 11.5 Å². The monoisotopic (exact) mass is 329 g/mol. The molecule has 4 rings (SSSR count). The number of benzene rings is 3. The maximum absolute atomic E-state index is 12.4. The van der Waals surface area contributed by atoms with Gasteiger partial charge in [0.15, 0.2) is 0 Å². The molecule has 3 aromatic rings. The highest BCUT2D eigenvalue weighted by Crippen LogP contribution is 2.37. The summed E-state index contributed by atoms with van der Waals surface area (Å²) < 4.78 is 5.90. The van der Waals surface area contributed by atoms with E-state index in [1.165, 1.54) is 0 Å². The summed E-state index contributed by atoms with van der Waals surface area (Å²) in [6.07, 6.45) is 0.661. The summed E-state index contributed by atoms with van der Waals surface area (Å²) in [7, 11) is 0. The van der Waals surface area contributed by atoms with Crippen LogP contribution in [0.5, 0.6) is 11.5 Å². The van der Waals surface area contributed by atoms with E-state index in [9.17, 15) is 4.79 Å². The molecule has 0 spiro atoms. The second kappa shape index (κ2) is 6.44. The molecule has 1 amide bonds. The fraction of sp³-hybridized carbons (Fsp3) is 0.136. The third-order valence-electron chi connectivity index (χ3n) is 4.56. The zero-order chi connectivity index (χ0) is 17.2. The number of carbonyl (C=O) groups is 1. The predicted molar refractivity (Wildman–Crippen MR) is 99.2 cm³/mol. The lowest BCUT2D eigenvalue weighted by Gasteiger charge is -2.11. The molecule has 3 heteroatoms. The van der Waals surface area contributed by atoms with Crippen LogP contribution in [0.4, 0.5) is 5.69 Å². The third-order valence-corrected chi connectivity index (χ3v) is 4.56. The minimum atomic E-state index is -0.151. The van der Waals surface area contributed by atoms with Gasteiger partial charge in [-0.2, -0.15) is 0 Å². The number of nitrogens with one attached hydrogen (secondary N) is 1. The zero-order valence-corrected chi connectivity index (χ0v) is 14.0. The van der Waals surface area contributed by atoms with Crippen LogP contribution in [-0.2, 0) is 11.2 Å². The molecule has 0 aliphatic carbocycles. The lowest BCUT2D eigenvalue weighted by Crippen LogP contribution is -2.14. The predicted octanol–water partition coefficient (Wildman–Crippen LogP) is 5.07. The number of fused-ring (bicyclic) bond motifs is 1. The van der Waals surface area contributed by atoms with Gasteiger partial charge in [0, 0.05) is 5.69 Å². The van der Waals surface area contributed by atoms with E-state index < -0.39 is 0 Å². The third kappa shape index (κ3) is 3.13. The van der Waals surface area contributed by atoms with Crippen molar-refractivity contribution in [2.24, 2.45) is 0 Å². The van der Waals surface area contributed by atoms with Gasteiger partial charge in [0.2, 0.25) is 5.91 Å². The van der Waals surface area contributed by atoms with E-state index >= 15 is 0 Å². The van der Waals surface area contributed by atoms with Gasteiger partial charge in [-0.3, -0.25) is 4.79 Å². The molecule has 25 heavy (non-hydrogen) atoms. The van der Waals surface area contributed by atoms with E-state index in [0.717, 1.165) is 33.9 Å². The molecule has 0 radical (unpaired) electrons. The van der Waals surface area contributed by atoms with Crippen LogP contribution in [0.2, 0.25) is 0 Å². The fourth-order valence-corrected chi connectivity index (χ4v) is 3.30. The Bertz CT molecular complexity index is 918. The molecule has 1 aliphatic rings. The SMILES string of the molecule is Cc1cccc2c1NC(=O)[C@@H]2Cc1cccc(Oc2ccccc2)c1. The maximum atomic E-state index is 12.4. The van der Waals surface area contributed by atoms with E-state index in [1.807, 2.05) is 79.7 Å². The molecule has 3 nitrogen and oxygen atoms in total. The minimum absolute atomic E-state index is 0.0682. The first-order valence-electron chi connectivity index (χ1n) is 8.43. The molecular weight excluding hydrogens is 310 g/mol. The number of para-hydroxylation sites is 2. The smallest absolute Gasteiger partial charge is 0.232 e. The number of amides is 1. The summed E-state index contributed by atoms with van der Waals surface area (Å²) in [5.41, 5.74) is 4.24. The van der Waals surface area contributed by atoms with Crippen LogP contribution in [0.3, 0.4) is 0 Å². The van der Waals surface area contributed by atoms with Crippen molar-refractivity contribution in [3.63, 3.8) is 0 Å². The maximum Gasteiger partial charge on any atom is 0.232 e. The van der Waals surface area contributed by atoms with Crippen molar-refractivity contribution >= 4 is 11.6 Å². The number of anilines is 1. The molecule has 1 N–H and O–H groups in total. The Balaban J connectivity index is 1.57. The number of hydrogen-bond donors (Lipinski definition) is 1. The Labute approximate surface area is 147 Å². The molecule has 0 saturated heterocycles. The zero-order valence-electron chi connectivity index (χ0n) is 14.0. The Kier molecular flexibility index (Phi) is 3.98. The topological polar surface area (TPSA) is 38.3 Å². The second-order valence-electron chi connectivity index (χ2n) is 6.35. The summed E-state index contributed by atoms with van der Waals surface area (Å²) in [5, 5.41) is 3.02. The summed E-state index contributed by atoms with van der Waals surface area (Å²) in [5.74, 6) is 1.51. The molecule has 0 aromatic heterocycles. The normalized spacial score (nSPS) is 15.6. The molecule has 1 atom stereocenters. The summed E-state index contributed by atoms with van der Waals surface area (Å²) in [4.78, 5) is 12.4. The second-order valence-corrected chi connectivity index (χ2v) is 6.35. The van der Waals surface area contributed by atoms with Crippen molar-refractivity contribution in [2.45, 2.75) is 19.3 Å². The van der Waals surface area contributed by atoms with E-state index in [4.69, 9.17) is 4.74 Å². The van der Waals surface area contributed by atoms with Crippen LogP contribution >= 0.6 is 0 Å². The van der Waals surface area contributed by atoms with E-state index in [2.05, 4.69) is 5.32 Å². The lowest BCUT2D eigenvalue weighted by molar-refractivity contribution is -0.117. The van der Waals surface area contributed by atoms with Crippen molar-refractivity contribution in [1.82, 2.24) is 0 Å². The van der Waals surface area contributed by atoms with E-state index in [-0.39, 0.29) is 11.8 Å². The van der Waals surface area contributed by atoms with E-state index in [0.29, 0.717) is 6.42 Å². The van der Waals surface area contributed by atoms with Gasteiger partial charge in [0.05, 0.1) is 5.92 Å². The van der Waals surface area contributed by atoms with Gasteiger partial charge in [0.1, 0.15) is 11.5 Å². The molecule has 0 fully saturated rings. The Morgan fingerprint density at radius 3 is 2.52 bits per heavy atom. The van der Waals surface area contributed by atoms with Crippen LogP contribution in [0.15, 0.2) is 72.8 Å². The van der Waals surface area contributed by atoms with Gasteiger partial charge in [-0.05, 0) is 54.3 Å². The van der Waals surface area contributed by atoms with Gasteiger partial charge >= 0.3 is 0 Å². The van der Waals surface area contributed by atoms with Crippen LogP contribution in [0.25, 0.3) is 0 Å². The molecule has 1 aliphatic heterocycles. The van der Waals surface area contributed by atoms with Crippen molar-refractivity contribution in [1.29, 1.82) is 0 Å². The highest BCUT2D eigenvalue weighted by molar-refractivity contribution is 6.03. The van der Waals surface area contributed by atoms with Crippen LogP contribution in [-0.4, -0.2) is 5.91 Å². The molecule has 3 aromatic carbocycles. The van der Waals surface area contributed by atoms with Crippen LogP contribution in [0, 0.1) is 6.92 Å². The molecular formula is C22H19NO2. The van der Waals surface area contributed by atoms with Crippen molar-refractivity contribution in [3.05, 3.63) is 89.5 Å². The van der Waals surface area contributed by atoms with Gasteiger partial charge in [-0.1, -0.05) is 48.5 Å². The van der Waals surface area contributed by atoms with Gasteiger partial charge in [0.25, 0.3) is 0 Å². The highest BCUT2D eigenvalue weighted by Gasteiger charge is 2.31. The van der Waals surface area contributed by atoms with Crippen LogP contribution < -0.4 is 10.1 Å². The first-order chi connectivity index (χ1) is 12.2. The largest absolute Gasteiger partial charge is 0.457 e. The number of aryl methyl sites for hydroxylation is 1. The standard InChI is InChI=1S/C22H19NO2/c1-15-7-5-12-19-20(22(24)23-21(15)19)14-16-8-6-11-18(13-16)25-17-9-3-2-4-10-17/h2-13,20H,14H2,1H3,(H,23,24)/t20-/m1/s1. The summed E-state index contributed by atoms with van der Waals surface area (Å²) >= 11 is 0. The number of hydrogen-bond acceptors (Lipinski definition) is 2. The molecule has 0 unspecified atom stereocenters. The summed E-state index contributed by atoms with van der Waals surface area (Å²) in [6, 6.07) is 23.7. The number of ether oxygens (including phenoxy) is 1. The fourth-order valence-electron chi connectivity index (χ4n) is 3.30. The highest BCUT2D eigenvalue weighted by atomic mass is 16.5. The molecule has 0 saturated carbocycles. The Morgan fingerprint density at radius 1 is 0.920 bits per heavy atom. The summed E-state index contributed by atoms with van der Waals surface area (Å²) in [6.45, 7) is 2.02. The lowest BCUT2D eigenvalue weighted by atomic mass is 9.92. The quantitative estimate of drug-likeness (QED) is 0.726. The van der Waals surface area contributed by atoms with Crippen molar-refractivity contribution < 1.29 is 9.53 Å². The van der Waals surface area contributed by atoms with Crippen molar-refractivity contribution in [2.75, 3.05) is 5.32 Å². The Hall–Kier alpha value is -3.07. The van der Waals surface area contributed by atoms with Gasteiger partial charge in [-0.25, -0.2) is 0 Å². The first kappa shape index (κ1) is 15.5. The Morgan fingerprint density at radius 2 is 1.68 bits per heavy atom. The van der Waals surface area contributed by atoms with E-state index in [1.54, 1.807) is 0 Å². The van der Waals surface area contributed by atoms with Gasteiger partial charge < -0.3 is 10.1 Å². The van der Waals surface area contributed by atoms with Crippen LogP contribution in [0.1, 0.15) is 22.6 Å². The molecule has 0 bridgehead atoms. The average molecular weight is 329 g/mol.